The van der Waals surface area contributed by atoms with Crippen LogP contribution < -0.4 is 0 Å². The molecule has 0 amide bonds. The highest BCUT2D eigenvalue weighted by molar-refractivity contribution is 7.53. The molecule has 0 aliphatic rings. The fourth-order valence-corrected chi connectivity index (χ4v) is 2.17. The van der Waals surface area contributed by atoms with Gasteiger partial charge in [-0.3, -0.25) is 9.09 Å². The van der Waals surface area contributed by atoms with E-state index in [1.165, 1.54) is 26.6 Å². The first-order chi connectivity index (χ1) is 10.6. The smallest absolute Gasteiger partial charge is 0.335 e. The molecule has 8 nitrogen and oxygen atoms in total. The zero-order valence-corrected chi connectivity index (χ0v) is 15.2. The highest BCUT2D eigenvalue weighted by Crippen LogP contribution is 2.45. The summed E-state index contributed by atoms with van der Waals surface area (Å²) < 4.78 is 30.5. The summed E-state index contributed by atoms with van der Waals surface area (Å²) in [6.45, 7) is 11.6. The molecule has 0 aromatic rings. The van der Waals surface area contributed by atoms with Crippen LogP contribution in [0, 0.1) is 0 Å². The Morgan fingerprint density at radius 1 is 1.17 bits per heavy atom. The Balaban J connectivity index is 0. The Labute approximate surface area is 137 Å². The molecule has 0 heterocycles. The molecule has 0 aromatic carbocycles. The summed E-state index contributed by atoms with van der Waals surface area (Å²) >= 11 is 0. The molecule has 0 fully saturated rings. The molecule has 3 atom stereocenters. The fraction of sp³-hybridized carbons (Fsp3) is 0.714. The molecule has 9 heteroatoms. The summed E-state index contributed by atoms with van der Waals surface area (Å²) in [6.07, 6.45) is -0.435. The van der Waals surface area contributed by atoms with Gasteiger partial charge in [0.2, 0.25) is 0 Å². The zero-order chi connectivity index (χ0) is 18.5. The van der Waals surface area contributed by atoms with Crippen molar-refractivity contribution in [3.8, 4) is 0 Å². The highest BCUT2D eigenvalue weighted by Gasteiger charge is 2.25. The summed E-state index contributed by atoms with van der Waals surface area (Å²) in [4.78, 5) is 21.4. The van der Waals surface area contributed by atoms with Gasteiger partial charge in [-0.2, -0.15) is 0 Å². The zero-order valence-electron chi connectivity index (χ0n) is 14.3. The number of ether oxygens (including phenoxy) is 2. The molecule has 0 radical (unpaired) electrons. The van der Waals surface area contributed by atoms with Crippen molar-refractivity contribution in [1.82, 2.24) is 0 Å². The van der Waals surface area contributed by atoms with E-state index in [0.29, 0.717) is 6.61 Å². The lowest BCUT2D eigenvalue weighted by Crippen LogP contribution is -2.22. The van der Waals surface area contributed by atoms with E-state index in [4.69, 9.17) is 18.9 Å². The number of hydrogen-bond donors (Lipinski definition) is 1. The lowest BCUT2D eigenvalue weighted by atomic mass is 10.4. The standard InChI is InChI=1S/C9H17O5P.C5H10O3/c1-5-7-13-15(4,11)14-8(3)9(10)12-6-2;1-3-8-5(7)4(2)6/h5,8H,1,6-7H2,2-4H3;4,6H,3H2,1-2H3. The van der Waals surface area contributed by atoms with Crippen LogP contribution in [0.1, 0.15) is 27.7 Å². The van der Waals surface area contributed by atoms with E-state index < -0.39 is 31.7 Å². The van der Waals surface area contributed by atoms with E-state index in [9.17, 15) is 14.2 Å². The largest absolute Gasteiger partial charge is 0.464 e. The Morgan fingerprint density at radius 2 is 1.65 bits per heavy atom. The quantitative estimate of drug-likeness (QED) is 0.380. The summed E-state index contributed by atoms with van der Waals surface area (Å²) in [6, 6.07) is 0. The third-order valence-corrected chi connectivity index (χ3v) is 3.34. The van der Waals surface area contributed by atoms with Gasteiger partial charge in [0.05, 0.1) is 19.8 Å². The predicted molar refractivity (Wildman–Crippen MR) is 85.2 cm³/mol. The van der Waals surface area contributed by atoms with Crippen LogP contribution in [-0.4, -0.2) is 55.7 Å². The number of aliphatic hydroxyl groups excluding tert-OH is 1. The van der Waals surface area contributed by atoms with Gasteiger partial charge in [-0.15, -0.1) is 6.58 Å². The van der Waals surface area contributed by atoms with Gasteiger partial charge in [0.25, 0.3) is 0 Å². The van der Waals surface area contributed by atoms with E-state index in [2.05, 4.69) is 11.3 Å². The maximum absolute atomic E-state index is 11.6. The first-order valence-corrected chi connectivity index (χ1v) is 9.12. The van der Waals surface area contributed by atoms with Crippen molar-refractivity contribution in [2.75, 3.05) is 26.5 Å². The number of hydrogen-bond acceptors (Lipinski definition) is 8. The summed E-state index contributed by atoms with van der Waals surface area (Å²) in [5.41, 5.74) is 0. The minimum Gasteiger partial charge on any atom is -0.464 e. The van der Waals surface area contributed by atoms with E-state index in [1.54, 1.807) is 13.8 Å². The van der Waals surface area contributed by atoms with Crippen molar-refractivity contribution in [2.45, 2.75) is 39.9 Å². The normalized spacial score (nSPS) is 15.2. The average Bonchev–Trinajstić information content (AvgIpc) is 2.45. The Bertz CT molecular complexity index is 408. The van der Waals surface area contributed by atoms with Gasteiger partial charge < -0.3 is 19.1 Å². The Morgan fingerprint density at radius 3 is 2.00 bits per heavy atom. The number of aliphatic hydroxyl groups is 1. The maximum atomic E-state index is 11.6. The van der Waals surface area contributed by atoms with Crippen LogP contribution in [0.3, 0.4) is 0 Å². The summed E-state index contributed by atoms with van der Waals surface area (Å²) in [5, 5.41) is 8.48. The Kier molecular flexibility index (Phi) is 13.9. The molecular weight excluding hydrogens is 327 g/mol. The second-order valence-corrected chi connectivity index (χ2v) is 6.30. The SMILES string of the molecule is C=CCOP(C)(=O)OC(C)C(=O)OCC.CCOC(=O)C(C)O. The molecule has 0 spiro atoms. The van der Waals surface area contributed by atoms with Crippen LogP contribution >= 0.6 is 7.60 Å². The van der Waals surface area contributed by atoms with Gasteiger partial charge in [0.15, 0.2) is 6.10 Å². The van der Waals surface area contributed by atoms with Gasteiger partial charge in [0, 0.05) is 6.66 Å². The number of esters is 2. The van der Waals surface area contributed by atoms with Crippen molar-refractivity contribution in [3.63, 3.8) is 0 Å². The van der Waals surface area contributed by atoms with Crippen molar-refractivity contribution >= 4 is 19.5 Å². The van der Waals surface area contributed by atoms with E-state index in [-0.39, 0.29) is 13.2 Å². The van der Waals surface area contributed by atoms with Gasteiger partial charge in [-0.1, -0.05) is 6.08 Å². The van der Waals surface area contributed by atoms with Crippen LogP contribution in [0.2, 0.25) is 0 Å². The number of rotatable bonds is 9. The third-order valence-electron chi connectivity index (χ3n) is 2.02. The van der Waals surface area contributed by atoms with Gasteiger partial charge in [0.1, 0.15) is 6.10 Å². The molecule has 0 rings (SSSR count). The molecule has 0 aromatic heterocycles. The lowest BCUT2D eigenvalue weighted by molar-refractivity contribution is -0.152. The van der Waals surface area contributed by atoms with Crippen LogP contribution in [0.15, 0.2) is 12.7 Å². The lowest BCUT2D eigenvalue weighted by Gasteiger charge is -2.17. The monoisotopic (exact) mass is 354 g/mol. The molecule has 3 unspecified atom stereocenters. The third kappa shape index (κ3) is 14.1. The highest BCUT2D eigenvalue weighted by atomic mass is 31.2. The molecular formula is C14H27O8P. The first kappa shape index (κ1) is 24.0. The summed E-state index contributed by atoms with van der Waals surface area (Å²) in [5.74, 6) is -1.12. The molecule has 0 saturated heterocycles. The van der Waals surface area contributed by atoms with Gasteiger partial charge in [-0.25, -0.2) is 9.59 Å². The molecule has 23 heavy (non-hydrogen) atoms. The van der Waals surface area contributed by atoms with Crippen molar-refractivity contribution in [2.24, 2.45) is 0 Å². The van der Waals surface area contributed by atoms with Crippen molar-refractivity contribution in [3.05, 3.63) is 12.7 Å². The minimum absolute atomic E-state index is 0.114. The molecule has 136 valence electrons. The Hall–Kier alpha value is -1.21. The maximum Gasteiger partial charge on any atom is 0.335 e. The van der Waals surface area contributed by atoms with E-state index >= 15 is 0 Å². The van der Waals surface area contributed by atoms with Gasteiger partial charge >= 0.3 is 19.5 Å². The first-order valence-electron chi connectivity index (χ1n) is 7.13. The molecule has 0 aliphatic carbocycles. The fourth-order valence-electron chi connectivity index (χ4n) is 1.07. The van der Waals surface area contributed by atoms with E-state index in [0.717, 1.165) is 0 Å². The molecule has 1 N–H and O–H groups in total. The number of carbonyl (C=O) groups excluding carboxylic acids is 2. The predicted octanol–water partition coefficient (Wildman–Crippen LogP) is 1.91. The van der Waals surface area contributed by atoms with Crippen LogP contribution in [0.25, 0.3) is 0 Å². The van der Waals surface area contributed by atoms with Crippen LogP contribution in [-0.2, 0) is 32.7 Å². The minimum atomic E-state index is -3.21. The van der Waals surface area contributed by atoms with Crippen LogP contribution in [0.4, 0.5) is 0 Å². The van der Waals surface area contributed by atoms with Gasteiger partial charge in [-0.05, 0) is 27.7 Å². The van der Waals surface area contributed by atoms with Crippen molar-refractivity contribution in [1.29, 1.82) is 0 Å². The molecule has 0 saturated carbocycles. The summed E-state index contributed by atoms with van der Waals surface area (Å²) in [7, 11) is -3.21. The van der Waals surface area contributed by atoms with E-state index in [1.807, 2.05) is 0 Å². The van der Waals surface area contributed by atoms with Crippen LogP contribution in [0.5, 0.6) is 0 Å². The topological polar surface area (TPSA) is 108 Å². The number of carbonyl (C=O) groups is 2. The molecule has 0 aliphatic heterocycles. The molecule has 0 bridgehead atoms. The second kappa shape index (κ2) is 13.2. The average molecular weight is 354 g/mol. The second-order valence-electron chi connectivity index (χ2n) is 4.28. The van der Waals surface area contributed by atoms with Crippen molar-refractivity contribution < 1.29 is 37.8 Å².